The highest BCUT2D eigenvalue weighted by Gasteiger charge is 2.24. The molecule has 1 aromatic rings. The van der Waals surface area contributed by atoms with Crippen LogP contribution in [0, 0.1) is 0 Å². The number of piperazine rings is 1. The maximum atomic E-state index is 4.10. The fourth-order valence-corrected chi connectivity index (χ4v) is 3.42. The first-order valence-corrected chi connectivity index (χ1v) is 8.20. The molecule has 1 heterocycles. The predicted octanol–water partition coefficient (Wildman–Crippen LogP) is 4.12. The second-order valence-electron chi connectivity index (χ2n) is 5.13. The van der Waals surface area contributed by atoms with Crippen molar-refractivity contribution in [1.29, 1.82) is 0 Å². The van der Waals surface area contributed by atoms with Crippen LogP contribution < -0.4 is 5.32 Å². The number of nitrogens with one attached hydrogen (secondary N) is 1. The van der Waals surface area contributed by atoms with Gasteiger partial charge in [0.2, 0.25) is 0 Å². The van der Waals surface area contributed by atoms with Crippen LogP contribution in [0.25, 0.3) is 0 Å². The number of benzene rings is 1. The van der Waals surface area contributed by atoms with Gasteiger partial charge in [0.15, 0.2) is 0 Å². The zero-order chi connectivity index (χ0) is 13.8. The van der Waals surface area contributed by atoms with E-state index in [1.165, 1.54) is 15.6 Å². The lowest BCUT2D eigenvalue weighted by molar-refractivity contribution is 0.172. The molecule has 0 aliphatic carbocycles. The maximum Gasteiger partial charge on any atom is 0.0397 e. The molecule has 0 bridgehead atoms. The fourth-order valence-electron chi connectivity index (χ4n) is 2.53. The minimum atomic E-state index is 0.409. The number of halogens is 2. The Labute approximate surface area is 132 Å². The van der Waals surface area contributed by atoms with Crippen molar-refractivity contribution in [3.63, 3.8) is 0 Å². The molecule has 0 aromatic heterocycles. The molecule has 1 aliphatic rings. The molecule has 0 spiro atoms. The van der Waals surface area contributed by atoms with Crippen LogP contribution >= 0.6 is 31.9 Å². The highest BCUT2D eigenvalue weighted by Crippen LogP contribution is 2.34. The van der Waals surface area contributed by atoms with Gasteiger partial charge in [-0.15, -0.1) is 6.58 Å². The summed E-state index contributed by atoms with van der Waals surface area (Å²) < 4.78 is 2.31. The first-order valence-electron chi connectivity index (χ1n) is 6.62. The molecule has 104 valence electrons. The first kappa shape index (κ1) is 15.2. The van der Waals surface area contributed by atoms with Gasteiger partial charge in [-0.3, -0.25) is 4.90 Å². The minimum absolute atomic E-state index is 0.409. The molecule has 2 nitrogen and oxygen atoms in total. The molecule has 1 atom stereocenters. The van der Waals surface area contributed by atoms with E-state index in [4.69, 9.17) is 0 Å². The van der Waals surface area contributed by atoms with Gasteiger partial charge >= 0.3 is 0 Å². The second kappa shape index (κ2) is 7.02. The summed E-state index contributed by atoms with van der Waals surface area (Å²) >= 11 is 7.28. The maximum absolute atomic E-state index is 4.10. The lowest BCUT2D eigenvalue weighted by atomic mass is 9.98. The van der Waals surface area contributed by atoms with Crippen LogP contribution in [0.3, 0.4) is 0 Å². The quantitative estimate of drug-likeness (QED) is 0.781. The molecular formula is C15H20Br2N2. The molecule has 0 amide bonds. The van der Waals surface area contributed by atoms with Gasteiger partial charge < -0.3 is 5.32 Å². The molecule has 1 N–H and O–H groups in total. The van der Waals surface area contributed by atoms with Crippen molar-refractivity contribution < 1.29 is 0 Å². The largest absolute Gasteiger partial charge is 0.314 e. The molecule has 1 aromatic carbocycles. The summed E-state index contributed by atoms with van der Waals surface area (Å²) in [6, 6.07) is 6.82. The van der Waals surface area contributed by atoms with Crippen molar-refractivity contribution in [1.82, 2.24) is 10.2 Å². The number of rotatable bonds is 4. The Balaban J connectivity index is 2.29. The van der Waals surface area contributed by atoms with Crippen molar-refractivity contribution >= 4 is 31.9 Å². The van der Waals surface area contributed by atoms with Gasteiger partial charge in [0.25, 0.3) is 0 Å². The third kappa shape index (κ3) is 4.15. The summed E-state index contributed by atoms with van der Waals surface area (Å²) in [6.45, 7) is 10.5. The Morgan fingerprint density at radius 3 is 2.68 bits per heavy atom. The van der Waals surface area contributed by atoms with Crippen LogP contribution in [0.2, 0.25) is 0 Å². The van der Waals surface area contributed by atoms with E-state index >= 15 is 0 Å². The lowest BCUT2D eigenvalue weighted by Gasteiger charge is -2.36. The zero-order valence-electron chi connectivity index (χ0n) is 11.3. The van der Waals surface area contributed by atoms with E-state index in [2.05, 4.69) is 73.8 Å². The molecule has 0 unspecified atom stereocenters. The summed E-state index contributed by atoms with van der Waals surface area (Å²) in [4.78, 5) is 2.55. The Morgan fingerprint density at radius 2 is 2.05 bits per heavy atom. The van der Waals surface area contributed by atoms with Crippen molar-refractivity contribution in [2.45, 2.75) is 19.4 Å². The third-order valence-corrected chi connectivity index (χ3v) is 4.67. The normalized spacial score (nSPS) is 18.3. The zero-order valence-corrected chi connectivity index (χ0v) is 14.4. The predicted molar refractivity (Wildman–Crippen MR) is 88.5 cm³/mol. The van der Waals surface area contributed by atoms with Crippen molar-refractivity contribution in [3.8, 4) is 0 Å². The standard InChI is InChI=1S/C15H20Br2N2/c1-11(2)9-15(19-7-5-18-6-8-19)13-10-12(16)3-4-14(13)17/h3-4,10,15,18H,1,5-9H2,2H3/t15-/m1/s1. The van der Waals surface area contributed by atoms with E-state index in [9.17, 15) is 0 Å². The van der Waals surface area contributed by atoms with Crippen LogP contribution in [-0.4, -0.2) is 31.1 Å². The average molecular weight is 388 g/mol. The Morgan fingerprint density at radius 1 is 1.37 bits per heavy atom. The van der Waals surface area contributed by atoms with E-state index in [1.807, 2.05) is 0 Å². The monoisotopic (exact) mass is 386 g/mol. The fraction of sp³-hybridized carbons (Fsp3) is 0.467. The topological polar surface area (TPSA) is 15.3 Å². The van der Waals surface area contributed by atoms with Crippen LogP contribution in [0.4, 0.5) is 0 Å². The molecule has 1 aliphatic heterocycles. The van der Waals surface area contributed by atoms with Gasteiger partial charge in [0.05, 0.1) is 0 Å². The van der Waals surface area contributed by atoms with Crippen molar-refractivity contribution in [2.75, 3.05) is 26.2 Å². The molecule has 19 heavy (non-hydrogen) atoms. The molecule has 4 heteroatoms. The summed E-state index contributed by atoms with van der Waals surface area (Å²) in [5.41, 5.74) is 2.58. The van der Waals surface area contributed by atoms with Crippen molar-refractivity contribution in [3.05, 3.63) is 44.9 Å². The Bertz CT molecular complexity index is 453. The molecule has 0 radical (unpaired) electrons. The minimum Gasteiger partial charge on any atom is -0.314 e. The lowest BCUT2D eigenvalue weighted by Crippen LogP contribution is -2.45. The molecular weight excluding hydrogens is 368 g/mol. The van der Waals surface area contributed by atoms with E-state index in [0.29, 0.717) is 6.04 Å². The van der Waals surface area contributed by atoms with Crippen LogP contribution in [0.5, 0.6) is 0 Å². The van der Waals surface area contributed by atoms with E-state index < -0.39 is 0 Å². The second-order valence-corrected chi connectivity index (χ2v) is 6.90. The van der Waals surface area contributed by atoms with Gasteiger partial charge in [-0.1, -0.05) is 37.4 Å². The number of hydrogen-bond acceptors (Lipinski definition) is 2. The van der Waals surface area contributed by atoms with Crippen LogP contribution in [0.1, 0.15) is 24.9 Å². The summed E-state index contributed by atoms with van der Waals surface area (Å²) in [5.74, 6) is 0. The smallest absolute Gasteiger partial charge is 0.0397 e. The van der Waals surface area contributed by atoms with Gasteiger partial charge in [0.1, 0.15) is 0 Å². The Hall–Kier alpha value is -0.160. The highest BCUT2D eigenvalue weighted by molar-refractivity contribution is 9.11. The Kier molecular flexibility index (Phi) is 5.63. The highest BCUT2D eigenvalue weighted by atomic mass is 79.9. The molecule has 2 rings (SSSR count). The van der Waals surface area contributed by atoms with Gasteiger partial charge in [-0.05, 0) is 37.1 Å². The van der Waals surface area contributed by atoms with Gasteiger partial charge in [0, 0.05) is 41.2 Å². The number of nitrogens with zero attached hydrogens (tertiary/aromatic N) is 1. The van der Waals surface area contributed by atoms with Gasteiger partial charge in [-0.25, -0.2) is 0 Å². The third-order valence-electron chi connectivity index (χ3n) is 3.45. The number of hydrogen-bond donors (Lipinski definition) is 1. The summed E-state index contributed by atoms with van der Waals surface area (Å²) in [5, 5.41) is 3.42. The van der Waals surface area contributed by atoms with Crippen molar-refractivity contribution in [2.24, 2.45) is 0 Å². The molecule has 1 saturated heterocycles. The average Bonchev–Trinajstić information content (AvgIpc) is 2.40. The van der Waals surface area contributed by atoms with E-state index in [1.54, 1.807) is 0 Å². The van der Waals surface area contributed by atoms with Gasteiger partial charge in [-0.2, -0.15) is 0 Å². The van der Waals surface area contributed by atoms with E-state index in [-0.39, 0.29) is 0 Å². The first-order chi connectivity index (χ1) is 9.08. The summed E-state index contributed by atoms with van der Waals surface area (Å²) in [7, 11) is 0. The van der Waals surface area contributed by atoms with E-state index in [0.717, 1.165) is 37.1 Å². The van der Waals surface area contributed by atoms with Crippen LogP contribution in [-0.2, 0) is 0 Å². The summed E-state index contributed by atoms with van der Waals surface area (Å²) in [6.07, 6.45) is 1.01. The molecule has 0 saturated carbocycles. The molecule has 1 fully saturated rings. The SMILES string of the molecule is C=C(C)C[C@H](c1cc(Br)ccc1Br)N1CCNCC1. The van der Waals surface area contributed by atoms with Crippen LogP contribution in [0.15, 0.2) is 39.3 Å².